The van der Waals surface area contributed by atoms with Gasteiger partial charge in [0.25, 0.3) is 0 Å². The number of nitrogens with one attached hydrogen (secondary N) is 1. The van der Waals surface area contributed by atoms with Gasteiger partial charge in [0.15, 0.2) is 0 Å². The van der Waals surface area contributed by atoms with E-state index in [2.05, 4.69) is 21.2 Å². The molecule has 0 saturated heterocycles. The monoisotopic (exact) mass is 383 g/mol. The zero-order valence-electron chi connectivity index (χ0n) is 12.4. The summed E-state index contributed by atoms with van der Waals surface area (Å²) in [6, 6.07) is 13.6. The van der Waals surface area contributed by atoms with E-state index in [1.165, 1.54) is 0 Å². The van der Waals surface area contributed by atoms with Crippen LogP contribution in [0.2, 0.25) is 5.02 Å². The number of aliphatic hydroxyl groups is 1. The molecule has 0 unspecified atom stereocenters. The number of benzene rings is 2. The molecule has 0 heterocycles. The first-order valence-electron chi connectivity index (χ1n) is 7.09. The minimum atomic E-state index is -0.342. The Morgan fingerprint density at radius 3 is 2.50 bits per heavy atom. The van der Waals surface area contributed by atoms with E-state index in [1.54, 1.807) is 6.92 Å². The van der Waals surface area contributed by atoms with Crippen molar-refractivity contribution >= 4 is 27.5 Å². The summed E-state index contributed by atoms with van der Waals surface area (Å²) in [6.07, 6.45) is -0.342. The van der Waals surface area contributed by atoms with E-state index in [0.29, 0.717) is 19.7 Å². The van der Waals surface area contributed by atoms with Crippen molar-refractivity contribution in [1.29, 1.82) is 0 Å². The Morgan fingerprint density at radius 1 is 1.18 bits per heavy atom. The first kappa shape index (κ1) is 17.3. The molecule has 2 aromatic carbocycles. The Morgan fingerprint density at radius 2 is 1.86 bits per heavy atom. The van der Waals surface area contributed by atoms with Crippen LogP contribution in [0.4, 0.5) is 0 Å². The normalized spacial score (nSPS) is 12.2. The maximum absolute atomic E-state index is 9.22. The van der Waals surface area contributed by atoms with Crippen molar-refractivity contribution < 1.29 is 9.84 Å². The first-order chi connectivity index (χ1) is 10.5. The van der Waals surface area contributed by atoms with Crippen molar-refractivity contribution in [2.24, 2.45) is 0 Å². The van der Waals surface area contributed by atoms with Crippen LogP contribution in [0.15, 0.2) is 46.9 Å². The Bertz CT molecular complexity index is 602. The highest BCUT2D eigenvalue weighted by molar-refractivity contribution is 9.10. The predicted molar refractivity (Wildman–Crippen MR) is 93.3 cm³/mol. The van der Waals surface area contributed by atoms with Crippen LogP contribution in [0.1, 0.15) is 18.1 Å². The highest BCUT2D eigenvalue weighted by atomic mass is 79.9. The number of aliphatic hydroxyl groups excluding tert-OH is 1. The molecule has 0 fully saturated rings. The van der Waals surface area contributed by atoms with Crippen LogP contribution in [0.3, 0.4) is 0 Å². The van der Waals surface area contributed by atoms with E-state index in [4.69, 9.17) is 16.3 Å². The predicted octanol–water partition coefficient (Wildman–Crippen LogP) is 4.15. The Kier molecular flexibility index (Phi) is 6.70. The molecular weight excluding hydrogens is 366 g/mol. The van der Waals surface area contributed by atoms with Crippen molar-refractivity contribution in [2.45, 2.75) is 26.2 Å². The Balaban J connectivity index is 1.90. The summed E-state index contributed by atoms with van der Waals surface area (Å²) >= 11 is 9.39. The Hall–Kier alpha value is -1.07. The third kappa shape index (κ3) is 5.61. The molecule has 118 valence electrons. The van der Waals surface area contributed by atoms with Crippen LogP contribution in [0.5, 0.6) is 5.75 Å². The molecule has 0 bridgehead atoms. The van der Waals surface area contributed by atoms with Gasteiger partial charge in [0, 0.05) is 18.1 Å². The van der Waals surface area contributed by atoms with Crippen molar-refractivity contribution in [3.8, 4) is 5.75 Å². The average molecular weight is 385 g/mol. The Labute approximate surface area is 144 Å². The van der Waals surface area contributed by atoms with Gasteiger partial charge in [-0.15, -0.1) is 0 Å². The number of halogens is 2. The molecule has 1 atom stereocenters. The van der Waals surface area contributed by atoms with E-state index in [0.717, 1.165) is 26.4 Å². The van der Waals surface area contributed by atoms with Crippen molar-refractivity contribution in [1.82, 2.24) is 5.32 Å². The quantitative estimate of drug-likeness (QED) is 0.753. The zero-order chi connectivity index (χ0) is 15.9. The minimum Gasteiger partial charge on any atom is -0.488 e. The number of ether oxygens (including phenoxy) is 1. The lowest BCUT2D eigenvalue weighted by molar-refractivity contribution is 0.191. The fraction of sp³-hybridized carbons (Fsp3) is 0.294. The molecule has 2 rings (SSSR count). The molecular formula is C17H19BrClNO2. The van der Waals surface area contributed by atoms with Gasteiger partial charge in [-0.1, -0.05) is 29.8 Å². The van der Waals surface area contributed by atoms with E-state index in [9.17, 15) is 5.11 Å². The van der Waals surface area contributed by atoms with Crippen LogP contribution in [-0.4, -0.2) is 17.8 Å². The van der Waals surface area contributed by atoms with Gasteiger partial charge in [0.2, 0.25) is 0 Å². The second-order valence-electron chi connectivity index (χ2n) is 5.16. The maximum Gasteiger partial charge on any atom is 0.134 e. The molecule has 0 aromatic heterocycles. The molecule has 0 radical (unpaired) electrons. The number of hydrogen-bond acceptors (Lipinski definition) is 3. The molecule has 3 nitrogen and oxygen atoms in total. The topological polar surface area (TPSA) is 41.5 Å². The third-order valence-electron chi connectivity index (χ3n) is 3.07. The molecule has 2 N–H and O–H groups in total. The third-order valence-corrected chi connectivity index (χ3v) is 3.94. The molecule has 0 aliphatic carbocycles. The highest BCUT2D eigenvalue weighted by Gasteiger charge is 2.04. The van der Waals surface area contributed by atoms with Gasteiger partial charge < -0.3 is 15.2 Å². The van der Waals surface area contributed by atoms with Crippen LogP contribution in [-0.2, 0) is 13.2 Å². The zero-order valence-corrected chi connectivity index (χ0v) is 14.7. The smallest absolute Gasteiger partial charge is 0.134 e. The summed E-state index contributed by atoms with van der Waals surface area (Å²) in [5.74, 6) is 0.800. The lowest BCUT2D eigenvalue weighted by Gasteiger charge is -2.11. The minimum absolute atomic E-state index is 0.342. The summed E-state index contributed by atoms with van der Waals surface area (Å²) in [5, 5.41) is 13.1. The number of rotatable bonds is 7. The van der Waals surface area contributed by atoms with E-state index in [1.807, 2.05) is 42.5 Å². The maximum atomic E-state index is 9.22. The van der Waals surface area contributed by atoms with Crippen molar-refractivity contribution in [3.05, 3.63) is 63.1 Å². The van der Waals surface area contributed by atoms with Gasteiger partial charge in [-0.3, -0.25) is 0 Å². The van der Waals surface area contributed by atoms with Crippen molar-refractivity contribution in [3.63, 3.8) is 0 Å². The molecule has 0 aliphatic heterocycles. The van der Waals surface area contributed by atoms with Crippen LogP contribution < -0.4 is 10.1 Å². The molecule has 2 aromatic rings. The molecule has 0 aliphatic rings. The van der Waals surface area contributed by atoms with Crippen LogP contribution >= 0.6 is 27.5 Å². The van der Waals surface area contributed by atoms with Gasteiger partial charge in [-0.2, -0.15) is 0 Å². The highest BCUT2D eigenvalue weighted by Crippen LogP contribution is 2.27. The summed E-state index contributed by atoms with van der Waals surface area (Å²) in [6.45, 7) is 3.54. The fourth-order valence-electron chi connectivity index (χ4n) is 1.94. The molecule has 0 amide bonds. The summed E-state index contributed by atoms with van der Waals surface area (Å²) in [4.78, 5) is 0. The van der Waals surface area contributed by atoms with Gasteiger partial charge in [0.1, 0.15) is 12.4 Å². The van der Waals surface area contributed by atoms with Crippen molar-refractivity contribution in [2.75, 3.05) is 6.54 Å². The first-order valence-corrected chi connectivity index (χ1v) is 8.26. The lowest BCUT2D eigenvalue weighted by Crippen LogP contribution is -2.23. The lowest BCUT2D eigenvalue weighted by atomic mass is 10.2. The van der Waals surface area contributed by atoms with Crippen LogP contribution in [0, 0.1) is 0 Å². The fourth-order valence-corrected chi connectivity index (χ4v) is 2.61. The SMILES string of the molecule is C[C@H](O)CNCc1ccc(OCc2ccc(Cl)cc2)c(Br)c1. The largest absolute Gasteiger partial charge is 0.488 e. The van der Waals surface area contributed by atoms with Crippen LogP contribution in [0.25, 0.3) is 0 Å². The average Bonchev–Trinajstić information content (AvgIpc) is 2.48. The summed E-state index contributed by atoms with van der Waals surface area (Å²) in [5.41, 5.74) is 2.20. The molecule has 5 heteroatoms. The van der Waals surface area contributed by atoms with Gasteiger partial charge in [-0.25, -0.2) is 0 Å². The van der Waals surface area contributed by atoms with Gasteiger partial charge >= 0.3 is 0 Å². The standard InChI is InChI=1S/C17H19BrClNO2/c1-12(21)9-20-10-14-4-7-17(16(18)8-14)22-11-13-2-5-15(19)6-3-13/h2-8,12,20-21H,9-11H2,1H3/t12-/m0/s1. The van der Waals surface area contributed by atoms with E-state index >= 15 is 0 Å². The second-order valence-corrected chi connectivity index (χ2v) is 6.45. The molecule has 22 heavy (non-hydrogen) atoms. The second kappa shape index (κ2) is 8.53. The molecule has 0 saturated carbocycles. The van der Waals surface area contributed by atoms with E-state index in [-0.39, 0.29) is 6.10 Å². The van der Waals surface area contributed by atoms with Gasteiger partial charge in [-0.05, 0) is 58.2 Å². The molecule has 0 spiro atoms. The summed E-state index contributed by atoms with van der Waals surface area (Å²) in [7, 11) is 0. The number of hydrogen-bond donors (Lipinski definition) is 2. The van der Waals surface area contributed by atoms with Gasteiger partial charge in [0.05, 0.1) is 10.6 Å². The summed E-state index contributed by atoms with van der Waals surface area (Å²) < 4.78 is 6.72. The van der Waals surface area contributed by atoms with E-state index < -0.39 is 0 Å².